The smallest absolute Gasteiger partial charge is 0.145 e. The van der Waals surface area contributed by atoms with E-state index in [-0.39, 0.29) is 0 Å². The largest absolute Gasteiger partial charge is 0.455 e. The number of aromatic nitrogens is 1. The molecule has 1 aromatic heterocycles. The van der Waals surface area contributed by atoms with Crippen LogP contribution in [0, 0.1) is 0 Å². The predicted molar refractivity (Wildman–Crippen MR) is 63.7 cm³/mol. The van der Waals surface area contributed by atoms with Crippen LogP contribution in [-0.2, 0) is 6.54 Å². The first-order valence-electron chi connectivity index (χ1n) is 4.86. The van der Waals surface area contributed by atoms with Gasteiger partial charge in [0, 0.05) is 23.3 Å². The van der Waals surface area contributed by atoms with E-state index in [2.05, 4.69) is 4.98 Å². The van der Waals surface area contributed by atoms with Crippen LogP contribution >= 0.6 is 11.6 Å². The first-order chi connectivity index (χ1) is 7.79. The highest BCUT2D eigenvalue weighted by molar-refractivity contribution is 6.30. The van der Waals surface area contributed by atoms with E-state index in [9.17, 15) is 0 Å². The Morgan fingerprint density at radius 2 is 2.19 bits per heavy atom. The molecule has 2 N–H and O–H groups in total. The van der Waals surface area contributed by atoms with Crippen molar-refractivity contribution in [3.05, 3.63) is 53.3 Å². The highest BCUT2D eigenvalue weighted by atomic mass is 35.5. The molecule has 82 valence electrons. The van der Waals surface area contributed by atoms with Gasteiger partial charge in [0.2, 0.25) is 0 Å². The maximum absolute atomic E-state index is 5.90. The van der Waals surface area contributed by atoms with Gasteiger partial charge in [-0.2, -0.15) is 0 Å². The Morgan fingerprint density at radius 1 is 1.31 bits per heavy atom. The van der Waals surface area contributed by atoms with Crippen molar-refractivity contribution in [2.45, 2.75) is 6.54 Å². The zero-order chi connectivity index (χ0) is 11.4. The van der Waals surface area contributed by atoms with Crippen LogP contribution in [0.3, 0.4) is 0 Å². The lowest BCUT2D eigenvalue weighted by molar-refractivity contribution is 0.474. The van der Waals surface area contributed by atoms with E-state index in [1.165, 1.54) is 0 Å². The van der Waals surface area contributed by atoms with Gasteiger partial charge >= 0.3 is 0 Å². The number of hydrogen-bond donors (Lipinski definition) is 1. The third kappa shape index (κ3) is 2.51. The zero-order valence-corrected chi connectivity index (χ0v) is 9.32. The molecule has 0 aliphatic rings. The Bertz CT molecular complexity index is 474. The molecule has 0 saturated heterocycles. The van der Waals surface area contributed by atoms with E-state index in [0.29, 0.717) is 23.1 Å². The molecule has 0 amide bonds. The molecule has 2 rings (SSSR count). The second-order valence-electron chi connectivity index (χ2n) is 3.25. The van der Waals surface area contributed by atoms with Gasteiger partial charge in [-0.1, -0.05) is 17.7 Å². The highest BCUT2D eigenvalue weighted by Gasteiger charge is 2.04. The summed E-state index contributed by atoms with van der Waals surface area (Å²) < 4.78 is 5.65. The summed E-state index contributed by atoms with van der Waals surface area (Å²) in [6, 6.07) is 9.03. The summed E-state index contributed by atoms with van der Waals surface area (Å²) in [7, 11) is 0. The van der Waals surface area contributed by atoms with Crippen LogP contribution < -0.4 is 10.5 Å². The Labute approximate surface area is 98.8 Å². The first kappa shape index (κ1) is 10.9. The number of halogens is 1. The normalized spacial score (nSPS) is 10.1. The number of nitrogens with zero attached hydrogens (tertiary/aromatic N) is 1. The molecule has 0 aliphatic heterocycles. The standard InChI is InChI=1S/C12H11ClN2O/c13-10-4-3-9(7-14)12(6-10)16-11-2-1-5-15-8-11/h1-6,8H,7,14H2. The molecule has 0 radical (unpaired) electrons. The number of benzene rings is 1. The molecule has 1 heterocycles. The van der Waals surface area contributed by atoms with E-state index in [1.54, 1.807) is 24.5 Å². The van der Waals surface area contributed by atoms with Gasteiger partial charge in [0.15, 0.2) is 0 Å². The van der Waals surface area contributed by atoms with Crippen molar-refractivity contribution in [2.75, 3.05) is 0 Å². The molecule has 0 spiro atoms. The average molecular weight is 235 g/mol. The third-order valence-electron chi connectivity index (χ3n) is 2.11. The monoisotopic (exact) mass is 234 g/mol. The molecule has 0 bridgehead atoms. The van der Waals surface area contributed by atoms with Gasteiger partial charge in [-0.3, -0.25) is 4.98 Å². The van der Waals surface area contributed by atoms with Crippen molar-refractivity contribution >= 4 is 11.6 Å². The lowest BCUT2D eigenvalue weighted by Crippen LogP contribution is -1.99. The Kier molecular flexibility index (Phi) is 3.39. The maximum atomic E-state index is 5.90. The van der Waals surface area contributed by atoms with Crippen molar-refractivity contribution in [1.29, 1.82) is 0 Å². The molecule has 2 aromatic rings. The summed E-state index contributed by atoms with van der Waals surface area (Å²) in [5.41, 5.74) is 6.53. The summed E-state index contributed by atoms with van der Waals surface area (Å²) in [5, 5.41) is 0.621. The van der Waals surface area contributed by atoms with Crippen LogP contribution in [-0.4, -0.2) is 4.98 Å². The quantitative estimate of drug-likeness (QED) is 0.888. The number of pyridine rings is 1. The maximum Gasteiger partial charge on any atom is 0.145 e. The topological polar surface area (TPSA) is 48.1 Å². The molecular formula is C12H11ClN2O. The fourth-order valence-electron chi connectivity index (χ4n) is 1.33. The molecule has 0 atom stereocenters. The summed E-state index contributed by atoms with van der Waals surface area (Å²) in [6.45, 7) is 0.409. The van der Waals surface area contributed by atoms with E-state index >= 15 is 0 Å². The Balaban J connectivity index is 2.30. The third-order valence-corrected chi connectivity index (χ3v) is 2.35. The van der Waals surface area contributed by atoms with Gasteiger partial charge in [0.25, 0.3) is 0 Å². The minimum absolute atomic E-state index is 0.409. The van der Waals surface area contributed by atoms with Gasteiger partial charge in [-0.15, -0.1) is 0 Å². The molecule has 3 nitrogen and oxygen atoms in total. The van der Waals surface area contributed by atoms with Crippen molar-refractivity contribution in [1.82, 2.24) is 4.98 Å². The molecule has 4 heteroatoms. The SMILES string of the molecule is NCc1ccc(Cl)cc1Oc1cccnc1. The number of ether oxygens (including phenoxy) is 1. The lowest BCUT2D eigenvalue weighted by Gasteiger charge is -2.09. The summed E-state index contributed by atoms with van der Waals surface area (Å²) >= 11 is 5.90. The summed E-state index contributed by atoms with van der Waals surface area (Å²) in [6.07, 6.45) is 3.33. The molecule has 0 aliphatic carbocycles. The van der Waals surface area contributed by atoms with Crippen LogP contribution in [0.1, 0.15) is 5.56 Å². The van der Waals surface area contributed by atoms with Crippen molar-refractivity contribution < 1.29 is 4.74 Å². The Hall–Kier alpha value is -1.58. The lowest BCUT2D eigenvalue weighted by atomic mass is 10.2. The second kappa shape index (κ2) is 4.96. The molecule has 0 saturated carbocycles. The van der Waals surface area contributed by atoms with Gasteiger partial charge in [0.1, 0.15) is 11.5 Å². The van der Waals surface area contributed by atoms with Crippen LogP contribution in [0.5, 0.6) is 11.5 Å². The summed E-state index contributed by atoms with van der Waals surface area (Å²) in [4.78, 5) is 3.97. The molecule has 16 heavy (non-hydrogen) atoms. The minimum atomic E-state index is 0.409. The fraction of sp³-hybridized carbons (Fsp3) is 0.0833. The van der Waals surface area contributed by atoms with Crippen LogP contribution in [0.2, 0.25) is 5.02 Å². The van der Waals surface area contributed by atoms with E-state index < -0.39 is 0 Å². The summed E-state index contributed by atoms with van der Waals surface area (Å²) in [5.74, 6) is 1.34. The highest BCUT2D eigenvalue weighted by Crippen LogP contribution is 2.27. The average Bonchev–Trinajstić information content (AvgIpc) is 2.31. The van der Waals surface area contributed by atoms with Gasteiger partial charge in [0.05, 0.1) is 6.20 Å². The van der Waals surface area contributed by atoms with Gasteiger partial charge < -0.3 is 10.5 Å². The molecular weight excluding hydrogens is 224 g/mol. The second-order valence-corrected chi connectivity index (χ2v) is 3.68. The van der Waals surface area contributed by atoms with Crippen molar-refractivity contribution in [3.63, 3.8) is 0 Å². The van der Waals surface area contributed by atoms with Crippen molar-refractivity contribution in [3.8, 4) is 11.5 Å². The predicted octanol–water partition coefficient (Wildman–Crippen LogP) is 2.99. The fourth-order valence-corrected chi connectivity index (χ4v) is 1.49. The van der Waals surface area contributed by atoms with Crippen LogP contribution in [0.15, 0.2) is 42.7 Å². The molecule has 0 unspecified atom stereocenters. The van der Waals surface area contributed by atoms with Gasteiger partial charge in [-0.25, -0.2) is 0 Å². The number of hydrogen-bond acceptors (Lipinski definition) is 3. The minimum Gasteiger partial charge on any atom is -0.455 e. The molecule has 1 aromatic carbocycles. The number of nitrogens with two attached hydrogens (primary N) is 1. The van der Waals surface area contributed by atoms with Crippen LogP contribution in [0.4, 0.5) is 0 Å². The van der Waals surface area contributed by atoms with Crippen molar-refractivity contribution in [2.24, 2.45) is 5.73 Å². The zero-order valence-electron chi connectivity index (χ0n) is 8.56. The first-order valence-corrected chi connectivity index (χ1v) is 5.24. The Morgan fingerprint density at radius 3 is 2.88 bits per heavy atom. The van der Waals surface area contributed by atoms with E-state index in [0.717, 1.165) is 5.56 Å². The molecule has 0 fully saturated rings. The van der Waals surface area contributed by atoms with E-state index in [1.807, 2.05) is 18.2 Å². The van der Waals surface area contributed by atoms with Crippen LogP contribution in [0.25, 0.3) is 0 Å². The van der Waals surface area contributed by atoms with E-state index in [4.69, 9.17) is 22.1 Å². The van der Waals surface area contributed by atoms with Gasteiger partial charge in [-0.05, 0) is 24.3 Å². The number of rotatable bonds is 3.